The van der Waals surface area contributed by atoms with Gasteiger partial charge in [0.05, 0.1) is 6.10 Å². The molecule has 0 saturated heterocycles. The number of hydrogen-bond donors (Lipinski definition) is 1. The molecule has 0 aromatic carbocycles. The molecule has 0 spiro atoms. The predicted molar refractivity (Wildman–Crippen MR) is 37.0 cm³/mol. The predicted octanol–water partition coefficient (Wildman–Crippen LogP) is 0.994. The molecule has 5 heteroatoms. The van der Waals surface area contributed by atoms with Crippen molar-refractivity contribution in [1.29, 1.82) is 0 Å². The molecule has 0 heterocycles. The highest BCUT2D eigenvalue weighted by Crippen LogP contribution is 2.05. The highest BCUT2D eigenvalue weighted by molar-refractivity contribution is 7.80. The Labute approximate surface area is 61.2 Å². The molecule has 10 heavy (non-hydrogen) atoms. The Morgan fingerprint density at radius 3 is 1.90 bits per heavy atom. The molecule has 0 aliphatic rings. The summed E-state index contributed by atoms with van der Waals surface area (Å²) >= 11 is 0. The Balaban J connectivity index is 3.87. The molecular weight excluding hydrogens is 156 g/mol. The van der Waals surface area contributed by atoms with Crippen molar-refractivity contribution < 1.29 is 17.2 Å². The standard InChI is InChI=1S/C5H12O4S/c1-3-5(4-2)9-10(6,7)8/h5H,3-4H2,1-2H3,(H,6,7,8). The van der Waals surface area contributed by atoms with Crippen LogP contribution in [0.1, 0.15) is 26.7 Å². The van der Waals surface area contributed by atoms with Gasteiger partial charge in [0.15, 0.2) is 0 Å². The lowest BCUT2D eigenvalue weighted by Gasteiger charge is -2.08. The molecule has 0 aliphatic heterocycles. The van der Waals surface area contributed by atoms with Gasteiger partial charge in [-0.3, -0.25) is 4.55 Å². The summed E-state index contributed by atoms with van der Waals surface area (Å²) < 4.78 is 32.6. The first-order valence-electron chi connectivity index (χ1n) is 3.15. The number of hydrogen-bond acceptors (Lipinski definition) is 3. The first kappa shape index (κ1) is 9.87. The van der Waals surface area contributed by atoms with Crippen LogP contribution in [0.2, 0.25) is 0 Å². The van der Waals surface area contributed by atoms with Crippen LogP contribution in [-0.4, -0.2) is 19.1 Å². The zero-order chi connectivity index (χ0) is 8.20. The van der Waals surface area contributed by atoms with E-state index < -0.39 is 16.5 Å². The summed E-state index contributed by atoms with van der Waals surface area (Å²) in [7, 11) is -4.25. The van der Waals surface area contributed by atoms with Gasteiger partial charge in [-0.1, -0.05) is 13.8 Å². The summed E-state index contributed by atoms with van der Waals surface area (Å²) in [5, 5.41) is 0. The summed E-state index contributed by atoms with van der Waals surface area (Å²) in [6, 6.07) is 0. The minimum atomic E-state index is -4.25. The van der Waals surface area contributed by atoms with E-state index in [4.69, 9.17) is 4.55 Å². The summed E-state index contributed by atoms with van der Waals surface area (Å²) in [4.78, 5) is 0. The average molecular weight is 168 g/mol. The minimum absolute atomic E-state index is 0.394. The van der Waals surface area contributed by atoms with Gasteiger partial charge in [-0.15, -0.1) is 0 Å². The summed E-state index contributed by atoms with van der Waals surface area (Å²) in [5.74, 6) is 0. The summed E-state index contributed by atoms with van der Waals surface area (Å²) in [6.45, 7) is 3.58. The largest absolute Gasteiger partial charge is 0.397 e. The zero-order valence-corrected chi connectivity index (χ0v) is 6.89. The van der Waals surface area contributed by atoms with Gasteiger partial charge < -0.3 is 0 Å². The SMILES string of the molecule is CCC(CC)OS(=O)(=O)O. The Morgan fingerprint density at radius 1 is 1.40 bits per heavy atom. The van der Waals surface area contributed by atoms with Gasteiger partial charge in [-0.25, -0.2) is 4.18 Å². The third-order valence-corrected chi connectivity index (χ3v) is 1.68. The average Bonchev–Trinajstić information content (AvgIpc) is 1.81. The first-order valence-corrected chi connectivity index (χ1v) is 4.51. The van der Waals surface area contributed by atoms with Crippen molar-refractivity contribution in [2.24, 2.45) is 0 Å². The van der Waals surface area contributed by atoms with Gasteiger partial charge in [0.2, 0.25) is 0 Å². The normalized spacial score (nSPS) is 12.4. The Hall–Kier alpha value is -0.130. The Morgan fingerprint density at radius 2 is 1.80 bits per heavy atom. The highest BCUT2D eigenvalue weighted by Gasteiger charge is 2.12. The van der Waals surface area contributed by atoms with Gasteiger partial charge in [0.25, 0.3) is 0 Å². The monoisotopic (exact) mass is 168 g/mol. The molecule has 0 bridgehead atoms. The zero-order valence-electron chi connectivity index (χ0n) is 6.07. The summed E-state index contributed by atoms with van der Waals surface area (Å²) in [6.07, 6.45) is 0.766. The van der Waals surface area contributed by atoms with E-state index in [9.17, 15) is 8.42 Å². The van der Waals surface area contributed by atoms with E-state index in [-0.39, 0.29) is 0 Å². The van der Waals surface area contributed by atoms with Crippen molar-refractivity contribution in [1.82, 2.24) is 0 Å². The van der Waals surface area contributed by atoms with Crippen LogP contribution in [0, 0.1) is 0 Å². The van der Waals surface area contributed by atoms with Crippen molar-refractivity contribution in [2.45, 2.75) is 32.8 Å². The van der Waals surface area contributed by atoms with Crippen LogP contribution in [0.4, 0.5) is 0 Å². The van der Waals surface area contributed by atoms with E-state index in [2.05, 4.69) is 4.18 Å². The second-order valence-electron chi connectivity index (χ2n) is 1.96. The molecule has 0 rings (SSSR count). The van der Waals surface area contributed by atoms with Crippen molar-refractivity contribution in [3.05, 3.63) is 0 Å². The van der Waals surface area contributed by atoms with Gasteiger partial charge in [0.1, 0.15) is 0 Å². The van der Waals surface area contributed by atoms with Crippen molar-refractivity contribution >= 4 is 10.4 Å². The van der Waals surface area contributed by atoms with E-state index in [1.54, 1.807) is 13.8 Å². The van der Waals surface area contributed by atoms with E-state index in [0.29, 0.717) is 12.8 Å². The van der Waals surface area contributed by atoms with Crippen molar-refractivity contribution in [3.63, 3.8) is 0 Å². The molecule has 0 fully saturated rings. The lowest BCUT2D eigenvalue weighted by atomic mass is 10.2. The lowest BCUT2D eigenvalue weighted by molar-refractivity contribution is 0.174. The van der Waals surface area contributed by atoms with Gasteiger partial charge in [-0.2, -0.15) is 8.42 Å². The van der Waals surface area contributed by atoms with E-state index in [1.165, 1.54) is 0 Å². The van der Waals surface area contributed by atoms with Gasteiger partial charge >= 0.3 is 10.4 Å². The Kier molecular flexibility index (Phi) is 3.85. The van der Waals surface area contributed by atoms with Gasteiger partial charge in [-0.05, 0) is 12.8 Å². The molecule has 0 aromatic heterocycles. The number of rotatable bonds is 4. The second kappa shape index (κ2) is 3.90. The molecule has 0 atom stereocenters. The van der Waals surface area contributed by atoms with Crippen LogP contribution in [0.15, 0.2) is 0 Å². The summed E-state index contributed by atoms with van der Waals surface area (Å²) in [5.41, 5.74) is 0. The fraction of sp³-hybridized carbons (Fsp3) is 1.00. The molecule has 0 aromatic rings. The molecular formula is C5H12O4S. The molecule has 4 nitrogen and oxygen atoms in total. The fourth-order valence-electron chi connectivity index (χ4n) is 0.597. The van der Waals surface area contributed by atoms with E-state index >= 15 is 0 Å². The van der Waals surface area contributed by atoms with Crippen LogP contribution in [0.25, 0.3) is 0 Å². The van der Waals surface area contributed by atoms with Crippen LogP contribution < -0.4 is 0 Å². The highest BCUT2D eigenvalue weighted by atomic mass is 32.3. The quantitative estimate of drug-likeness (QED) is 0.636. The topological polar surface area (TPSA) is 63.6 Å². The van der Waals surface area contributed by atoms with Crippen LogP contribution in [0.3, 0.4) is 0 Å². The van der Waals surface area contributed by atoms with Crippen LogP contribution in [0.5, 0.6) is 0 Å². The molecule has 0 amide bonds. The molecule has 0 unspecified atom stereocenters. The molecule has 0 radical (unpaired) electrons. The smallest absolute Gasteiger partial charge is 0.264 e. The van der Waals surface area contributed by atoms with E-state index in [1.807, 2.05) is 0 Å². The molecule has 62 valence electrons. The Bertz CT molecular complexity index is 168. The van der Waals surface area contributed by atoms with Crippen LogP contribution >= 0.6 is 0 Å². The van der Waals surface area contributed by atoms with Crippen LogP contribution in [-0.2, 0) is 14.6 Å². The first-order chi connectivity index (χ1) is 4.49. The maximum atomic E-state index is 10.1. The van der Waals surface area contributed by atoms with E-state index in [0.717, 1.165) is 0 Å². The molecule has 1 N–H and O–H groups in total. The molecule has 0 saturated carbocycles. The fourth-order valence-corrected chi connectivity index (χ4v) is 1.21. The maximum absolute atomic E-state index is 10.1. The van der Waals surface area contributed by atoms with Crippen molar-refractivity contribution in [2.75, 3.05) is 0 Å². The molecule has 0 aliphatic carbocycles. The third-order valence-electron chi connectivity index (χ3n) is 1.17. The maximum Gasteiger partial charge on any atom is 0.397 e. The second-order valence-corrected chi connectivity index (χ2v) is 3.01. The van der Waals surface area contributed by atoms with Gasteiger partial charge in [0, 0.05) is 0 Å². The third kappa shape index (κ3) is 4.72. The minimum Gasteiger partial charge on any atom is -0.264 e. The lowest BCUT2D eigenvalue weighted by Crippen LogP contribution is -2.15. The van der Waals surface area contributed by atoms with Crippen molar-refractivity contribution in [3.8, 4) is 0 Å².